The summed E-state index contributed by atoms with van der Waals surface area (Å²) in [6.45, 7) is 7.63. The first-order valence-electron chi connectivity index (χ1n) is 11.1. The number of benzene rings is 2. The summed E-state index contributed by atoms with van der Waals surface area (Å²) in [6, 6.07) is 13.3. The van der Waals surface area contributed by atoms with Crippen LogP contribution in [0, 0.1) is 0 Å². The Bertz CT molecular complexity index is 981. The SMILES string of the molecule is CC(C)(C)OC(=O)NCc1ccc(C(=O)N2CCC[C@@H]2c2ccc3c(c2)OCCO3)cc1. The maximum Gasteiger partial charge on any atom is 0.407 e. The molecule has 0 spiro atoms. The van der Waals surface area contributed by atoms with Gasteiger partial charge in [-0.15, -0.1) is 0 Å². The standard InChI is InChI=1S/C25H30N2O5/c1-25(2,3)32-24(29)26-16-17-6-8-18(9-7-17)23(28)27-12-4-5-20(27)19-10-11-21-22(15-19)31-14-13-30-21/h6-11,15,20H,4-5,12-14,16H2,1-3H3,(H,26,29)/t20-/m1/s1. The van der Waals surface area contributed by atoms with E-state index in [0.717, 1.165) is 42.0 Å². The second-order valence-corrected chi connectivity index (χ2v) is 9.11. The molecule has 1 atom stereocenters. The average Bonchev–Trinajstić information content (AvgIpc) is 3.26. The maximum absolute atomic E-state index is 13.2. The summed E-state index contributed by atoms with van der Waals surface area (Å²) < 4.78 is 16.6. The Labute approximate surface area is 188 Å². The number of ether oxygens (including phenoxy) is 3. The van der Waals surface area contributed by atoms with Crippen LogP contribution in [0.25, 0.3) is 0 Å². The van der Waals surface area contributed by atoms with Crippen LogP contribution < -0.4 is 14.8 Å². The van der Waals surface area contributed by atoms with Crippen LogP contribution in [0.1, 0.15) is 61.1 Å². The van der Waals surface area contributed by atoms with Gasteiger partial charge in [0.1, 0.15) is 18.8 Å². The monoisotopic (exact) mass is 438 g/mol. The van der Waals surface area contributed by atoms with Gasteiger partial charge in [-0.3, -0.25) is 4.79 Å². The van der Waals surface area contributed by atoms with E-state index >= 15 is 0 Å². The predicted molar refractivity (Wildman–Crippen MR) is 120 cm³/mol. The van der Waals surface area contributed by atoms with Crippen molar-refractivity contribution < 1.29 is 23.8 Å². The van der Waals surface area contributed by atoms with Gasteiger partial charge in [-0.25, -0.2) is 4.79 Å². The zero-order chi connectivity index (χ0) is 22.7. The minimum atomic E-state index is -0.538. The fourth-order valence-corrected chi connectivity index (χ4v) is 4.04. The van der Waals surface area contributed by atoms with Gasteiger partial charge in [0.25, 0.3) is 5.91 Å². The van der Waals surface area contributed by atoms with Crippen LogP contribution in [0.4, 0.5) is 4.79 Å². The topological polar surface area (TPSA) is 77.1 Å². The number of carbonyl (C=O) groups is 2. The number of hydrogen-bond acceptors (Lipinski definition) is 5. The molecule has 1 N–H and O–H groups in total. The molecule has 0 aromatic heterocycles. The predicted octanol–water partition coefficient (Wildman–Crippen LogP) is 4.46. The summed E-state index contributed by atoms with van der Waals surface area (Å²) in [4.78, 5) is 27.0. The van der Waals surface area contributed by atoms with E-state index in [1.54, 1.807) is 0 Å². The number of alkyl carbamates (subject to hydrolysis) is 1. The molecule has 0 unspecified atom stereocenters. The van der Waals surface area contributed by atoms with E-state index < -0.39 is 11.7 Å². The number of nitrogens with one attached hydrogen (secondary N) is 1. The molecule has 1 fully saturated rings. The van der Waals surface area contributed by atoms with Gasteiger partial charge < -0.3 is 24.4 Å². The smallest absolute Gasteiger partial charge is 0.407 e. The maximum atomic E-state index is 13.2. The summed E-state index contributed by atoms with van der Waals surface area (Å²) in [7, 11) is 0. The van der Waals surface area contributed by atoms with E-state index in [0.29, 0.717) is 25.3 Å². The fourth-order valence-electron chi connectivity index (χ4n) is 4.04. The minimum absolute atomic E-state index is 0.00837. The molecule has 2 aromatic rings. The fraction of sp³-hybridized carbons (Fsp3) is 0.440. The van der Waals surface area contributed by atoms with Crippen LogP contribution in [-0.4, -0.2) is 42.3 Å². The molecule has 0 bridgehead atoms. The lowest BCUT2D eigenvalue weighted by atomic mass is 10.0. The highest BCUT2D eigenvalue weighted by Gasteiger charge is 2.31. The molecule has 7 heteroatoms. The summed E-state index contributed by atoms with van der Waals surface area (Å²) in [5.41, 5.74) is 2.06. The average molecular weight is 439 g/mol. The molecule has 32 heavy (non-hydrogen) atoms. The Balaban J connectivity index is 1.40. The third-order valence-electron chi connectivity index (χ3n) is 5.50. The van der Waals surface area contributed by atoms with E-state index in [9.17, 15) is 9.59 Å². The summed E-state index contributed by atoms with van der Waals surface area (Å²) >= 11 is 0. The van der Waals surface area contributed by atoms with Crippen LogP contribution in [0.15, 0.2) is 42.5 Å². The molecular formula is C25H30N2O5. The lowest BCUT2D eigenvalue weighted by Crippen LogP contribution is -2.32. The van der Waals surface area contributed by atoms with E-state index in [-0.39, 0.29) is 11.9 Å². The molecule has 2 amide bonds. The third kappa shape index (κ3) is 5.15. The van der Waals surface area contributed by atoms with Crippen molar-refractivity contribution in [2.24, 2.45) is 0 Å². The van der Waals surface area contributed by atoms with Gasteiger partial charge in [0.2, 0.25) is 0 Å². The molecule has 4 rings (SSSR count). The van der Waals surface area contributed by atoms with Crippen LogP contribution in [0.3, 0.4) is 0 Å². The van der Waals surface area contributed by atoms with E-state index in [4.69, 9.17) is 14.2 Å². The molecule has 2 aliphatic rings. The van der Waals surface area contributed by atoms with Crippen molar-refractivity contribution in [2.45, 2.75) is 51.8 Å². The second-order valence-electron chi connectivity index (χ2n) is 9.11. The highest BCUT2D eigenvalue weighted by molar-refractivity contribution is 5.94. The van der Waals surface area contributed by atoms with E-state index in [1.165, 1.54) is 0 Å². The Morgan fingerprint density at radius 2 is 1.78 bits per heavy atom. The first-order valence-corrected chi connectivity index (χ1v) is 11.1. The van der Waals surface area contributed by atoms with E-state index in [2.05, 4.69) is 5.32 Å². The van der Waals surface area contributed by atoms with Gasteiger partial charge in [-0.1, -0.05) is 18.2 Å². The molecule has 0 aliphatic carbocycles. The molecule has 2 aromatic carbocycles. The van der Waals surface area contributed by atoms with Crippen molar-refractivity contribution in [3.05, 3.63) is 59.2 Å². The molecule has 2 heterocycles. The number of amides is 2. The summed E-state index contributed by atoms with van der Waals surface area (Å²) in [6.07, 6.45) is 1.42. The van der Waals surface area contributed by atoms with Gasteiger partial charge in [0, 0.05) is 18.7 Å². The molecular weight excluding hydrogens is 408 g/mol. The largest absolute Gasteiger partial charge is 0.486 e. The van der Waals surface area contributed by atoms with Crippen molar-refractivity contribution in [1.82, 2.24) is 10.2 Å². The summed E-state index contributed by atoms with van der Waals surface area (Å²) in [5, 5.41) is 2.73. The van der Waals surface area contributed by atoms with Crippen LogP contribution >= 0.6 is 0 Å². The van der Waals surface area contributed by atoms with Gasteiger partial charge in [0.15, 0.2) is 11.5 Å². The molecule has 1 saturated heterocycles. The van der Waals surface area contributed by atoms with Crippen LogP contribution in [0.2, 0.25) is 0 Å². The number of nitrogens with zero attached hydrogens (tertiary/aromatic N) is 1. The number of rotatable bonds is 4. The van der Waals surface area contributed by atoms with Crippen molar-refractivity contribution in [3.63, 3.8) is 0 Å². The van der Waals surface area contributed by atoms with Crippen molar-refractivity contribution in [3.8, 4) is 11.5 Å². The lowest BCUT2D eigenvalue weighted by Gasteiger charge is -2.27. The first kappa shape index (κ1) is 22.0. The van der Waals surface area contributed by atoms with Crippen molar-refractivity contribution in [2.75, 3.05) is 19.8 Å². The van der Waals surface area contributed by atoms with E-state index in [1.807, 2.05) is 68.1 Å². The number of carbonyl (C=O) groups excluding carboxylic acids is 2. The Morgan fingerprint density at radius 3 is 2.50 bits per heavy atom. The van der Waals surface area contributed by atoms with Gasteiger partial charge in [-0.2, -0.15) is 0 Å². The lowest BCUT2D eigenvalue weighted by molar-refractivity contribution is 0.0523. The zero-order valence-corrected chi connectivity index (χ0v) is 18.8. The molecule has 0 saturated carbocycles. The van der Waals surface area contributed by atoms with Gasteiger partial charge in [-0.05, 0) is 69.0 Å². The van der Waals surface area contributed by atoms with Gasteiger partial charge >= 0.3 is 6.09 Å². The number of likely N-dealkylation sites (tertiary alicyclic amines) is 1. The first-order chi connectivity index (χ1) is 15.3. The highest BCUT2D eigenvalue weighted by atomic mass is 16.6. The molecule has 170 valence electrons. The third-order valence-corrected chi connectivity index (χ3v) is 5.50. The Kier molecular flexibility index (Phi) is 6.26. The summed E-state index contributed by atoms with van der Waals surface area (Å²) in [5.74, 6) is 1.51. The normalized spacial score (nSPS) is 17.7. The molecule has 0 radical (unpaired) electrons. The zero-order valence-electron chi connectivity index (χ0n) is 18.8. The highest BCUT2D eigenvalue weighted by Crippen LogP contribution is 2.38. The molecule has 2 aliphatic heterocycles. The van der Waals surface area contributed by atoms with Gasteiger partial charge in [0.05, 0.1) is 6.04 Å². The quantitative estimate of drug-likeness (QED) is 0.763. The van der Waals surface area contributed by atoms with Crippen molar-refractivity contribution in [1.29, 1.82) is 0 Å². The second kappa shape index (κ2) is 9.10. The molecule has 7 nitrogen and oxygen atoms in total. The number of hydrogen-bond donors (Lipinski definition) is 1. The Hall–Kier alpha value is -3.22. The minimum Gasteiger partial charge on any atom is -0.486 e. The Morgan fingerprint density at radius 1 is 1.06 bits per heavy atom. The van der Waals surface area contributed by atoms with Crippen LogP contribution in [-0.2, 0) is 11.3 Å². The van der Waals surface area contributed by atoms with Crippen molar-refractivity contribution >= 4 is 12.0 Å². The number of fused-ring (bicyclic) bond motifs is 1. The van der Waals surface area contributed by atoms with Crippen LogP contribution in [0.5, 0.6) is 11.5 Å².